The van der Waals surface area contributed by atoms with Crippen LogP contribution in [0.25, 0.3) is 16.8 Å². The summed E-state index contributed by atoms with van der Waals surface area (Å²) in [5, 5.41) is 9.15. The minimum absolute atomic E-state index is 0.324. The van der Waals surface area contributed by atoms with Crippen LogP contribution in [0.15, 0.2) is 35.8 Å². The summed E-state index contributed by atoms with van der Waals surface area (Å²) in [5.41, 5.74) is 4.46. The summed E-state index contributed by atoms with van der Waals surface area (Å²) in [4.78, 5) is 29.9. The zero-order valence-electron chi connectivity index (χ0n) is 20.2. The van der Waals surface area contributed by atoms with Crippen LogP contribution in [-0.2, 0) is 4.74 Å². The van der Waals surface area contributed by atoms with Gasteiger partial charge in [0.05, 0.1) is 43.0 Å². The van der Waals surface area contributed by atoms with Crippen LogP contribution in [0.2, 0.25) is 0 Å². The molecule has 1 aromatic carbocycles. The number of amides is 1. The van der Waals surface area contributed by atoms with Gasteiger partial charge in [0.2, 0.25) is 0 Å². The minimum Gasteiger partial charge on any atom is -0.490 e. The second-order valence-corrected chi connectivity index (χ2v) is 8.51. The number of fused-ring (bicyclic) bond motifs is 1. The third-order valence-corrected chi connectivity index (χ3v) is 6.31. The molecule has 0 atom stereocenters. The van der Waals surface area contributed by atoms with Crippen molar-refractivity contribution in [2.24, 2.45) is 0 Å². The Bertz CT molecular complexity index is 1410. The fraction of sp³-hybridized carbons (Fsp3) is 0.280. The molecule has 182 valence electrons. The first-order valence-electron chi connectivity index (χ1n) is 11.1. The first-order valence-corrected chi connectivity index (χ1v) is 12.0. The molecule has 9 nitrogen and oxygen atoms in total. The van der Waals surface area contributed by atoms with E-state index in [9.17, 15) is 9.59 Å². The summed E-state index contributed by atoms with van der Waals surface area (Å²) < 4.78 is 17.9. The molecule has 4 rings (SSSR count). The minimum atomic E-state index is -0.505. The normalized spacial score (nSPS) is 10.9. The number of methoxy groups -OCH3 is 1. The third kappa shape index (κ3) is 4.57. The highest BCUT2D eigenvalue weighted by atomic mass is 32.1. The number of esters is 1. The van der Waals surface area contributed by atoms with Crippen LogP contribution in [-0.4, -0.2) is 46.8 Å². The fourth-order valence-electron chi connectivity index (χ4n) is 3.82. The van der Waals surface area contributed by atoms with E-state index in [2.05, 4.69) is 15.4 Å². The van der Waals surface area contributed by atoms with E-state index < -0.39 is 11.9 Å². The first-order chi connectivity index (χ1) is 16.9. The standard InChI is InChI=1S/C25H26N4O5S/c1-6-33-19-9-8-16(12-20(19)34-7-2)21-14(3)28-29-15(4)17(13-26-23(21)29)24(30)27-18-10-11-35-22(18)25(31)32-5/h8-13H,6-7H2,1-5H3,(H,27,30). The van der Waals surface area contributed by atoms with E-state index in [1.165, 1.54) is 24.6 Å². The Morgan fingerprint density at radius 3 is 2.54 bits per heavy atom. The first kappa shape index (κ1) is 24.2. The summed E-state index contributed by atoms with van der Waals surface area (Å²) in [7, 11) is 1.30. The molecule has 3 heterocycles. The van der Waals surface area contributed by atoms with Crippen LogP contribution >= 0.6 is 11.3 Å². The molecule has 0 spiro atoms. The number of benzene rings is 1. The lowest BCUT2D eigenvalue weighted by Gasteiger charge is -2.12. The van der Waals surface area contributed by atoms with E-state index >= 15 is 0 Å². The topological polar surface area (TPSA) is 104 Å². The highest BCUT2D eigenvalue weighted by Gasteiger charge is 2.22. The summed E-state index contributed by atoms with van der Waals surface area (Å²) in [5.74, 6) is 0.426. The Balaban J connectivity index is 1.72. The fourth-order valence-corrected chi connectivity index (χ4v) is 4.58. The van der Waals surface area contributed by atoms with Crippen molar-refractivity contribution in [3.05, 3.63) is 57.7 Å². The number of hydrogen-bond donors (Lipinski definition) is 1. The highest BCUT2D eigenvalue weighted by molar-refractivity contribution is 7.12. The van der Waals surface area contributed by atoms with Crippen molar-refractivity contribution in [2.45, 2.75) is 27.7 Å². The second-order valence-electron chi connectivity index (χ2n) is 7.59. The number of hydrogen-bond acceptors (Lipinski definition) is 8. The van der Waals surface area contributed by atoms with Crippen LogP contribution in [0.1, 0.15) is 45.3 Å². The maximum Gasteiger partial charge on any atom is 0.350 e. The molecule has 10 heteroatoms. The molecule has 0 bridgehead atoms. The smallest absolute Gasteiger partial charge is 0.350 e. The number of nitrogens with zero attached hydrogens (tertiary/aromatic N) is 3. The van der Waals surface area contributed by atoms with E-state index in [0.717, 1.165) is 16.8 Å². The van der Waals surface area contributed by atoms with Gasteiger partial charge in [-0.2, -0.15) is 5.10 Å². The van der Waals surface area contributed by atoms with Gasteiger partial charge in [0.1, 0.15) is 4.88 Å². The van der Waals surface area contributed by atoms with E-state index in [1.807, 2.05) is 39.0 Å². The molecule has 0 aliphatic rings. The maximum atomic E-state index is 13.0. The number of anilines is 1. The number of carbonyl (C=O) groups is 2. The van der Waals surface area contributed by atoms with Crippen molar-refractivity contribution in [2.75, 3.05) is 25.6 Å². The van der Waals surface area contributed by atoms with Crippen molar-refractivity contribution in [1.29, 1.82) is 0 Å². The number of carbonyl (C=O) groups excluding carboxylic acids is 2. The van der Waals surface area contributed by atoms with Gasteiger partial charge in [-0.05, 0) is 56.8 Å². The van der Waals surface area contributed by atoms with Crippen molar-refractivity contribution in [3.8, 4) is 22.6 Å². The van der Waals surface area contributed by atoms with E-state index in [4.69, 9.17) is 14.2 Å². The quantitative estimate of drug-likeness (QED) is 0.347. The average molecular weight is 495 g/mol. The predicted octanol–water partition coefficient (Wildman–Crippen LogP) is 4.91. The van der Waals surface area contributed by atoms with Crippen LogP contribution < -0.4 is 14.8 Å². The Hall–Kier alpha value is -3.92. The number of aromatic nitrogens is 3. The van der Waals surface area contributed by atoms with Crippen LogP contribution in [0, 0.1) is 13.8 Å². The Morgan fingerprint density at radius 2 is 1.83 bits per heavy atom. The summed E-state index contributed by atoms with van der Waals surface area (Å²) in [6.07, 6.45) is 1.52. The predicted molar refractivity (Wildman–Crippen MR) is 134 cm³/mol. The van der Waals surface area contributed by atoms with E-state index in [-0.39, 0.29) is 0 Å². The van der Waals surface area contributed by atoms with Gasteiger partial charge in [-0.15, -0.1) is 11.3 Å². The molecule has 0 saturated carbocycles. The zero-order chi connectivity index (χ0) is 25.1. The molecule has 1 amide bonds. The number of nitrogens with one attached hydrogen (secondary N) is 1. The number of rotatable bonds is 8. The van der Waals surface area contributed by atoms with Crippen LogP contribution in [0.4, 0.5) is 5.69 Å². The zero-order valence-corrected chi connectivity index (χ0v) is 21.0. The molecule has 0 aliphatic heterocycles. The van der Waals surface area contributed by atoms with Crippen molar-refractivity contribution in [3.63, 3.8) is 0 Å². The Morgan fingerprint density at radius 1 is 1.09 bits per heavy atom. The van der Waals surface area contributed by atoms with Crippen LogP contribution in [0.5, 0.6) is 11.5 Å². The molecule has 0 unspecified atom stereocenters. The Kier molecular flexibility index (Phi) is 7.02. The SMILES string of the molecule is CCOc1ccc(-c2c(C)nn3c(C)c(C(=O)Nc4ccsc4C(=O)OC)cnc23)cc1OCC. The highest BCUT2D eigenvalue weighted by Crippen LogP contribution is 2.36. The maximum absolute atomic E-state index is 13.0. The van der Waals surface area contributed by atoms with Crippen LogP contribution in [0.3, 0.4) is 0 Å². The van der Waals surface area contributed by atoms with E-state index in [1.54, 1.807) is 22.9 Å². The molecule has 3 aromatic heterocycles. The van der Waals surface area contributed by atoms with E-state index in [0.29, 0.717) is 52.2 Å². The summed E-state index contributed by atoms with van der Waals surface area (Å²) in [6.45, 7) is 8.59. The lowest BCUT2D eigenvalue weighted by Crippen LogP contribution is -2.17. The van der Waals surface area contributed by atoms with Gasteiger partial charge in [-0.3, -0.25) is 4.79 Å². The molecule has 35 heavy (non-hydrogen) atoms. The Labute approximate surface area is 206 Å². The number of thiophene rings is 1. The molecule has 0 fully saturated rings. The van der Waals surface area contributed by atoms with Gasteiger partial charge in [0, 0.05) is 11.8 Å². The van der Waals surface area contributed by atoms with Gasteiger partial charge in [-0.1, -0.05) is 6.07 Å². The van der Waals surface area contributed by atoms with Gasteiger partial charge < -0.3 is 19.5 Å². The van der Waals surface area contributed by atoms with Gasteiger partial charge >= 0.3 is 5.97 Å². The molecule has 4 aromatic rings. The molecular weight excluding hydrogens is 468 g/mol. The summed E-state index contributed by atoms with van der Waals surface area (Å²) >= 11 is 1.20. The largest absolute Gasteiger partial charge is 0.490 e. The average Bonchev–Trinajstić information content (AvgIpc) is 3.44. The lowest BCUT2D eigenvalue weighted by molar-refractivity contribution is 0.0607. The molecule has 1 N–H and O–H groups in total. The van der Waals surface area contributed by atoms with Gasteiger partial charge in [-0.25, -0.2) is 14.3 Å². The van der Waals surface area contributed by atoms with Crippen molar-refractivity contribution >= 4 is 34.5 Å². The lowest BCUT2D eigenvalue weighted by atomic mass is 10.1. The molecule has 0 radical (unpaired) electrons. The van der Waals surface area contributed by atoms with Gasteiger partial charge in [0.15, 0.2) is 17.1 Å². The molecule has 0 aliphatic carbocycles. The monoisotopic (exact) mass is 494 g/mol. The third-order valence-electron chi connectivity index (χ3n) is 5.42. The van der Waals surface area contributed by atoms with Crippen molar-refractivity contribution in [1.82, 2.24) is 14.6 Å². The number of aryl methyl sites for hydroxylation is 2. The molecule has 0 saturated heterocycles. The van der Waals surface area contributed by atoms with Crippen molar-refractivity contribution < 1.29 is 23.8 Å². The number of ether oxygens (including phenoxy) is 3. The van der Waals surface area contributed by atoms with Gasteiger partial charge in [0.25, 0.3) is 5.91 Å². The summed E-state index contributed by atoms with van der Waals surface area (Å²) in [6, 6.07) is 7.40. The second kappa shape index (κ2) is 10.1. The molecular formula is C25H26N4O5S.